The number of phenols is 2. The number of benzene rings is 2. The number of aromatic hydroxyl groups is 2. The molecule has 0 saturated heterocycles. The largest absolute Gasteiger partial charge is 0.504 e. The summed E-state index contributed by atoms with van der Waals surface area (Å²) in [4.78, 5) is 11.2. The molecule has 0 spiro atoms. The van der Waals surface area contributed by atoms with Crippen molar-refractivity contribution in [1.82, 2.24) is 0 Å². The molecule has 0 aliphatic carbocycles. The first-order valence-electron chi connectivity index (χ1n) is 6.11. The Morgan fingerprint density at radius 1 is 1.00 bits per heavy atom. The van der Waals surface area contributed by atoms with Crippen LogP contribution in [0.15, 0.2) is 40.8 Å². The van der Waals surface area contributed by atoms with Gasteiger partial charge in [-0.3, -0.25) is 4.79 Å². The third-order valence-corrected chi connectivity index (χ3v) is 3.26. The highest BCUT2D eigenvalue weighted by molar-refractivity contribution is 6.05. The van der Waals surface area contributed by atoms with Crippen molar-refractivity contribution in [3.63, 3.8) is 0 Å². The van der Waals surface area contributed by atoms with Crippen molar-refractivity contribution in [3.05, 3.63) is 42.2 Å². The predicted octanol–water partition coefficient (Wildman–Crippen LogP) is 2.19. The van der Waals surface area contributed by atoms with Gasteiger partial charge < -0.3 is 26.1 Å². The molecule has 0 aliphatic heterocycles. The van der Waals surface area contributed by atoms with Crippen LogP contribution in [0.4, 0.5) is 5.69 Å². The van der Waals surface area contributed by atoms with Crippen molar-refractivity contribution in [1.29, 1.82) is 0 Å². The molecule has 0 fully saturated rings. The summed E-state index contributed by atoms with van der Waals surface area (Å²) in [6.45, 7) is 0. The monoisotopic (exact) mass is 284 g/mol. The van der Waals surface area contributed by atoms with Gasteiger partial charge in [-0.25, -0.2) is 0 Å². The minimum Gasteiger partial charge on any atom is -0.504 e. The maximum atomic E-state index is 11.2. The summed E-state index contributed by atoms with van der Waals surface area (Å²) in [5.74, 6) is -1.22. The molecule has 1 aromatic heterocycles. The Kier molecular flexibility index (Phi) is 2.72. The Bertz CT molecular complexity index is 867. The summed E-state index contributed by atoms with van der Waals surface area (Å²) >= 11 is 0. The minimum absolute atomic E-state index is 0.0734. The lowest BCUT2D eigenvalue weighted by Gasteiger charge is -2.04. The number of carbonyl (C=O) groups is 1. The zero-order valence-corrected chi connectivity index (χ0v) is 10.8. The van der Waals surface area contributed by atoms with Crippen LogP contribution in [0.1, 0.15) is 10.6 Å². The molecule has 21 heavy (non-hydrogen) atoms. The van der Waals surface area contributed by atoms with Crippen molar-refractivity contribution in [2.45, 2.75) is 0 Å². The van der Waals surface area contributed by atoms with E-state index in [2.05, 4.69) is 0 Å². The summed E-state index contributed by atoms with van der Waals surface area (Å²) < 4.78 is 5.36. The number of primary amides is 1. The lowest BCUT2D eigenvalue weighted by molar-refractivity contribution is 0.0977. The Morgan fingerprint density at radius 2 is 1.67 bits per heavy atom. The smallest absolute Gasteiger partial charge is 0.286 e. The van der Waals surface area contributed by atoms with E-state index in [4.69, 9.17) is 15.9 Å². The highest BCUT2D eigenvalue weighted by atomic mass is 16.3. The Hall–Kier alpha value is -3.15. The highest BCUT2D eigenvalue weighted by Crippen LogP contribution is 2.34. The van der Waals surface area contributed by atoms with Crippen LogP contribution in [-0.4, -0.2) is 16.1 Å². The van der Waals surface area contributed by atoms with Crippen LogP contribution >= 0.6 is 0 Å². The van der Waals surface area contributed by atoms with Gasteiger partial charge in [-0.05, 0) is 35.4 Å². The molecule has 106 valence electrons. The van der Waals surface area contributed by atoms with Gasteiger partial charge in [0.2, 0.25) is 5.76 Å². The van der Waals surface area contributed by atoms with Gasteiger partial charge in [-0.1, -0.05) is 12.1 Å². The topological polar surface area (TPSA) is 123 Å². The molecule has 0 aliphatic rings. The number of carbonyl (C=O) groups excluding carboxylic acids is 1. The molecule has 6 N–H and O–H groups in total. The van der Waals surface area contributed by atoms with E-state index in [0.29, 0.717) is 16.5 Å². The van der Waals surface area contributed by atoms with Crippen molar-refractivity contribution >= 4 is 22.6 Å². The molecule has 3 rings (SSSR count). The van der Waals surface area contributed by atoms with Crippen LogP contribution in [0, 0.1) is 0 Å². The number of hydrogen-bond donors (Lipinski definition) is 4. The number of fused-ring (bicyclic) bond motifs is 1. The Labute approximate surface area is 119 Å². The zero-order valence-electron chi connectivity index (χ0n) is 10.8. The number of rotatable bonds is 2. The fourth-order valence-corrected chi connectivity index (χ4v) is 2.18. The normalized spacial score (nSPS) is 10.9. The van der Waals surface area contributed by atoms with Crippen LogP contribution < -0.4 is 11.5 Å². The SMILES string of the molecule is NC(=O)c1oc2cc(-c3ccc(O)c(O)c3)ccc2c1N. The van der Waals surface area contributed by atoms with Gasteiger partial charge in [0.25, 0.3) is 5.91 Å². The molecular weight excluding hydrogens is 272 g/mol. The Balaban J connectivity index is 2.16. The number of amides is 1. The number of hydrogen-bond acceptors (Lipinski definition) is 5. The third-order valence-electron chi connectivity index (χ3n) is 3.26. The van der Waals surface area contributed by atoms with Crippen LogP contribution in [0.2, 0.25) is 0 Å². The first kappa shape index (κ1) is 12.9. The van der Waals surface area contributed by atoms with E-state index >= 15 is 0 Å². The summed E-state index contributed by atoms with van der Waals surface area (Å²) in [5.41, 5.74) is 13.0. The molecule has 6 heteroatoms. The molecule has 6 nitrogen and oxygen atoms in total. The molecule has 1 heterocycles. The lowest BCUT2D eigenvalue weighted by atomic mass is 10.0. The van der Waals surface area contributed by atoms with Crippen molar-refractivity contribution in [2.24, 2.45) is 5.73 Å². The summed E-state index contributed by atoms with van der Waals surface area (Å²) in [7, 11) is 0. The van der Waals surface area contributed by atoms with Crippen LogP contribution in [-0.2, 0) is 0 Å². The van der Waals surface area contributed by atoms with Crippen LogP contribution in [0.5, 0.6) is 11.5 Å². The fourth-order valence-electron chi connectivity index (χ4n) is 2.18. The lowest BCUT2D eigenvalue weighted by Crippen LogP contribution is -2.11. The zero-order chi connectivity index (χ0) is 15.1. The van der Waals surface area contributed by atoms with Crippen molar-refractivity contribution in [3.8, 4) is 22.6 Å². The van der Waals surface area contributed by atoms with Gasteiger partial charge in [-0.2, -0.15) is 0 Å². The van der Waals surface area contributed by atoms with Gasteiger partial charge in [0.05, 0.1) is 5.69 Å². The summed E-state index contributed by atoms with van der Waals surface area (Å²) in [6, 6.07) is 9.63. The van der Waals surface area contributed by atoms with Crippen LogP contribution in [0.3, 0.4) is 0 Å². The van der Waals surface area contributed by atoms with E-state index in [9.17, 15) is 15.0 Å². The second kappa shape index (κ2) is 4.45. The fraction of sp³-hybridized carbons (Fsp3) is 0. The van der Waals surface area contributed by atoms with E-state index in [-0.39, 0.29) is 22.9 Å². The number of anilines is 1. The second-order valence-electron chi connectivity index (χ2n) is 4.62. The quantitative estimate of drug-likeness (QED) is 0.537. The summed E-state index contributed by atoms with van der Waals surface area (Å²) in [6.07, 6.45) is 0. The molecule has 0 unspecified atom stereocenters. The molecule has 0 radical (unpaired) electrons. The molecule has 3 aromatic rings. The highest BCUT2D eigenvalue weighted by Gasteiger charge is 2.16. The maximum absolute atomic E-state index is 11.2. The Morgan fingerprint density at radius 3 is 2.33 bits per heavy atom. The molecule has 1 amide bonds. The maximum Gasteiger partial charge on any atom is 0.286 e. The van der Waals surface area contributed by atoms with E-state index < -0.39 is 5.91 Å². The average Bonchev–Trinajstić information content (AvgIpc) is 2.79. The standard InChI is InChI=1S/C15H12N2O4/c16-13-9-3-1-8(6-12(9)21-14(13)15(17)20)7-2-4-10(18)11(19)5-7/h1-6,18-19H,16H2,(H2,17,20). The van der Waals surface area contributed by atoms with E-state index in [0.717, 1.165) is 5.56 Å². The van der Waals surface area contributed by atoms with E-state index in [1.165, 1.54) is 12.1 Å². The minimum atomic E-state index is -0.729. The first-order chi connectivity index (χ1) is 9.97. The van der Waals surface area contributed by atoms with Crippen LogP contribution in [0.25, 0.3) is 22.1 Å². The van der Waals surface area contributed by atoms with Crippen molar-refractivity contribution < 1.29 is 19.4 Å². The van der Waals surface area contributed by atoms with E-state index in [1.807, 2.05) is 0 Å². The third kappa shape index (κ3) is 2.02. The molecule has 0 bridgehead atoms. The van der Waals surface area contributed by atoms with Gasteiger partial charge in [0.15, 0.2) is 11.5 Å². The van der Waals surface area contributed by atoms with E-state index in [1.54, 1.807) is 24.3 Å². The van der Waals surface area contributed by atoms with Crippen molar-refractivity contribution in [2.75, 3.05) is 5.73 Å². The first-order valence-corrected chi connectivity index (χ1v) is 6.11. The molecule has 2 aromatic carbocycles. The van der Waals surface area contributed by atoms with Gasteiger partial charge in [-0.15, -0.1) is 0 Å². The molecule has 0 atom stereocenters. The number of phenolic OH excluding ortho intramolecular Hbond substituents is 2. The number of nitrogens with two attached hydrogens (primary N) is 2. The average molecular weight is 284 g/mol. The second-order valence-corrected chi connectivity index (χ2v) is 4.62. The molecular formula is C15H12N2O4. The van der Waals surface area contributed by atoms with Gasteiger partial charge in [0, 0.05) is 5.39 Å². The number of nitrogen functional groups attached to an aromatic ring is 1. The number of furan rings is 1. The van der Waals surface area contributed by atoms with Gasteiger partial charge in [0.1, 0.15) is 5.58 Å². The molecule has 0 saturated carbocycles. The summed E-state index contributed by atoms with van der Waals surface area (Å²) in [5, 5.41) is 19.5. The van der Waals surface area contributed by atoms with Gasteiger partial charge >= 0.3 is 0 Å². The predicted molar refractivity (Wildman–Crippen MR) is 77.9 cm³/mol.